The van der Waals surface area contributed by atoms with Crippen LogP contribution in [0.2, 0.25) is 0 Å². The zero-order valence-electron chi connectivity index (χ0n) is 15.1. The fraction of sp³-hybridized carbons (Fsp3) is 0.789. The van der Waals surface area contributed by atoms with Gasteiger partial charge >= 0.3 is 5.97 Å². The molecule has 0 aromatic carbocycles. The minimum Gasteiger partial charge on any atom is -0.462 e. The second-order valence-corrected chi connectivity index (χ2v) is 6.33. The molecule has 0 rings (SSSR count). The predicted molar refractivity (Wildman–Crippen MR) is 93.2 cm³/mol. The predicted octanol–water partition coefficient (Wildman–Crippen LogP) is 4.35. The van der Waals surface area contributed by atoms with Crippen molar-refractivity contribution in [2.45, 2.75) is 97.2 Å². The van der Waals surface area contributed by atoms with Crippen molar-refractivity contribution in [1.82, 2.24) is 0 Å². The molecule has 0 radical (unpaired) electrons. The van der Waals surface area contributed by atoms with E-state index in [1.165, 1.54) is 19.3 Å². The van der Waals surface area contributed by atoms with Crippen LogP contribution in [0.1, 0.15) is 85.0 Å². The fourth-order valence-electron chi connectivity index (χ4n) is 2.50. The van der Waals surface area contributed by atoms with Crippen molar-refractivity contribution < 1.29 is 19.4 Å². The van der Waals surface area contributed by atoms with Gasteiger partial charge in [0.25, 0.3) is 0 Å². The lowest BCUT2D eigenvalue weighted by Gasteiger charge is -2.14. The number of carbonyl (C=O) groups is 2. The smallest absolute Gasteiger partial charge is 0.313 e. The van der Waals surface area contributed by atoms with Crippen LogP contribution in [0, 0.1) is 0 Å². The third-order valence-corrected chi connectivity index (χ3v) is 3.66. The highest BCUT2D eigenvalue weighted by Crippen LogP contribution is 2.10. The summed E-state index contributed by atoms with van der Waals surface area (Å²) in [5.41, 5.74) is 0. The van der Waals surface area contributed by atoms with Crippen LogP contribution in [0.25, 0.3) is 0 Å². The summed E-state index contributed by atoms with van der Waals surface area (Å²) < 4.78 is 5.10. The first-order chi connectivity index (χ1) is 11.0. The van der Waals surface area contributed by atoms with Gasteiger partial charge in [-0.25, -0.2) is 0 Å². The van der Waals surface area contributed by atoms with Gasteiger partial charge in [0.2, 0.25) is 0 Å². The highest BCUT2D eigenvalue weighted by Gasteiger charge is 2.15. The Morgan fingerprint density at radius 2 is 1.65 bits per heavy atom. The van der Waals surface area contributed by atoms with Gasteiger partial charge in [-0.3, -0.25) is 9.59 Å². The number of Topliss-reactive ketones (excluding diaryl/α,β-unsaturated/α-hetero) is 1. The third kappa shape index (κ3) is 15.5. The van der Waals surface area contributed by atoms with Gasteiger partial charge < -0.3 is 9.84 Å². The fourth-order valence-corrected chi connectivity index (χ4v) is 2.50. The number of aliphatic hydroxyl groups is 1. The molecule has 0 aromatic heterocycles. The molecule has 0 saturated carbocycles. The van der Waals surface area contributed by atoms with Gasteiger partial charge in [0.05, 0.1) is 6.10 Å². The standard InChI is InChI=1S/C19H34O4/c1-4-5-6-7-8-9-10-11-12-13-18(21)15-19(22)23-17(3)14-16(2)20/h4-5,16-17,20H,6-15H2,1-3H3/b5-4+/t16-,17-/m1/s1. The summed E-state index contributed by atoms with van der Waals surface area (Å²) in [5.74, 6) is -0.528. The van der Waals surface area contributed by atoms with E-state index in [0.717, 1.165) is 25.7 Å². The summed E-state index contributed by atoms with van der Waals surface area (Å²) in [4.78, 5) is 23.3. The zero-order chi connectivity index (χ0) is 17.5. The largest absolute Gasteiger partial charge is 0.462 e. The van der Waals surface area contributed by atoms with E-state index in [1.807, 2.05) is 6.92 Å². The molecule has 134 valence electrons. The average Bonchev–Trinajstić information content (AvgIpc) is 2.44. The molecular formula is C19H34O4. The van der Waals surface area contributed by atoms with E-state index < -0.39 is 12.1 Å². The van der Waals surface area contributed by atoms with Crippen molar-refractivity contribution in [2.75, 3.05) is 0 Å². The molecule has 4 nitrogen and oxygen atoms in total. The molecule has 0 aliphatic rings. The number of rotatable bonds is 14. The Kier molecular flexibility index (Phi) is 13.7. The number of ether oxygens (including phenoxy) is 1. The van der Waals surface area contributed by atoms with Crippen molar-refractivity contribution in [3.05, 3.63) is 12.2 Å². The summed E-state index contributed by atoms with van der Waals surface area (Å²) >= 11 is 0. The first-order valence-electron chi connectivity index (χ1n) is 8.96. The topological polar surface area (TPSA) is 63.6 Å². The van der Waals surface area contributed by atoms with Crippen LogP contribution < -0.4 is 0 Å². The van der Waals surface area contributed by atoms with Crippen LogP contribution in [-0.4, -0.2) is 29.1 Å². The molecule has 0 amide bonds. The van der Waals surface area contributed by atoms with Gasteiger partial charge in [0.15, 0.2) is 0 Å². The number of ketones is 1. The van der Waals surface area contributed by atoms with Crippen LogP contribution in [0.5, 0.6) is 0 Å². The molecule has 23 heavy (non-hydrogen) atoms. The van der Waals surface area contributed by atoms with E-state index in [0.29, 0.717) is 12.8 Å². The van der Waals surface area contributed by atoms with Crippen molar-refractivity contribution in [2.24, 2.45) is 0 Å². The average molecular weight is 326 g/mol. The van der Waals surface area contributed by atoms with Gasteiger partial charge in [-0.2, -0.15) is 0 Å². The number of hydrogen-bond acceptors (Lipinski definition) is 4. The first kappa shape index (κ1) is 21.8. The van der Waals surface area contributed by atoms with Gasteiger partial charge in [-0.05, 0) is 40.0 Å². The van der Waals surface area contributed by atoms with E-state index in [1.54, 1.807) is 13.8 Å². The van der Waals surface area contributed by atoms with Crippen LogP contribution in [0.15, 0.2) is 12.2 Å². The molecule has 0 saturated heterocycles. The van der Waals surface area contributed by atoms with Crippen molar-refractivity contribution in [1.29, 1.82) is 0 Å². The molecule has 2 atom stereocenters. The van der Waals surface area contributed by atoms with Crippen molar-refractivity contribution >= 4 is 11.8 Å². The van der Waals surface area contributed by atoms with Crippen LogP contribution in [0.4, 0.5) is 0 Å². The molecule has 1 N–H and O–H groups in total. The van der Waals surface area contributed by atoms with E-state index >= 15 is 0 Å². The Balaban J connectivity index is 3.54. The van der Waals surface area contributed by atoms with Gasteiger partial charge in [0.1, 0.15) is 18.3 Å². The molecular weight excluding hydrogens is 292 g/mol. The van der Waals surface area contributed by atoms with Crippen molar-refractivity contribution in [3.63, 3.8) is 0 Å². The van der Waals surface area contributed by atoms with Gasteiger partial charge in [-0.15, -0.1) is 0 Å². The maximum atomic E-state index is 11.7. The summed E-state index contributed by atoms with van der Waals surface area (Å²) in [6.45, 7) is 5.42. The number of unbranched alkanes of at least 4 members (excludes halogenated alkanes) is 6. The molecule has 0 aliphatic carbocycles. The van der Waals surface area contributed by atoms with E-state index in [2.05, 4.69) is 12.2 Å². The summed E-state index contributed by atoms with van der Waals surface area (Å²) in [6.07, 6.45) is 12.0. The Labute approximate surface area is 141 Å². The highest BCUT2D eigenvalue weighted by atomic mass is 16.5. The van der Waals surface area contributed by atoms with E-state index in [4.69, 9.17) is 4.74 Å². The van der Waals surface area contributed by atoms with Crippen LogP contribution in [-0.2, 0) is 14.3 Å². The zero-order valence-corrected chi connectivity index (χ0v) is 15.1. The van der Waals surface area contributed by atoms with Gasteiger partial charge in [-0.1, -0.05) is 37.8 Å². The normalized spacial score (nSPS) is 13.9. The lowest BCUT2D eigenvalue weighted by Crippen LogP contribution is -2.21. The van der Waals surface area contributed by atoms with E-state index in [-0.39, 0.29) is 18.3 Å². The lowest BCUT2D eigenvalue weighted by molar-refractivity contribution is -0.151. The summed E-state index contributed by atoms with van der Waals surface area (Å²) in [6, 6.07) is 0. The number of aliphatic hydroxyl groups excluding tert-OH is 1. The number of carbonyl (C=O) groups excluding carboxylic acids is 2. The maximum absolute atomic E-state index is 11.7. The second-order valence-electron chi connectivity index (χ2n) is 6.33. The first-order valence-corrected chi connectivity index (χ1v) is 8.96. The minimum absolute atomic E-state index is 0.0488. The van der Waals surface area contributed by atoms with E-state index in [9.17, 15) is 14.7 Å². The summed E-state index contributed by atoms with van der Waals surface area (Å²) in [5, 5.41) is 9.20. The Hall–Kier alpha value is -1.16. The van der Waals surface area contributed by atoms with Crippen LogP contribution in [0.3, 0.4) is 0 Å². The highest BCUT2D eigenvalue weighted by molar-refractivity contribution is 5.95. The molecule has 0 bridgehead atoms. The quantitative estimate of drug-likeness (QED) is 0.223. The summed E-state index contributed by atoms with van der Waals surface area (Å²) in [7, 11) is 0. The lowest BCUT2D eigenvalue weighted by atomic mass is 10.1. The van der Waals surface area contributed by atoms with Gasteiger partial charge in [0, 0.05) is 12.8 Å². The molecule has 0 spiro atoms. The molecule has 4 heteroatoms. The molecule has 0 aliphatic heterocycles. The SMILES string of the molecule is C/C=C/CCCCCCCCC(=O)CC(=O)O[C@H](C)C[C@@H](C)O. The molecule has 0 aromatic rings. The van der Waals surface area contributed by atoms with Crippen LogP contribution >= 0.6 is 0 Å². The maximum Gasteiger partial charge on any atom is 0.313 e. The molecule has 0 unspecified atom stereocenters. The van der Waals surface area contributed by atoms with Crippen molar-refractivity contribution in [3.8, 4) is 0 Å². The molecule has 0 heterocycles. The molecule has 0 fully saturated rings. The minimum atomic E-state index is -0.508. The Morgan fingerprint density at radius 1 is 1.04 bits per heavy atom. The second kappa shape index (κ2) is 14.4. The Bertz CT molecular complexity index is 347. The number of allylic oxidation sites excluding steroid dienone is 2. The monoisotopic (exact) mass is 326 g/mol. The number of esters is 1. The Morgan fingerprint density at radius 3 is 2.26 bits per heavy atom. The third-order valence-electron chi connectivity index (χ3n) is 3.66. The number of hydrogen-bond donors (Lipinski definition) is 1.